The maximum absolute atomic E-state index is 12.1. The zero-order chi connectivity index (χ0) is 18.2. The van der Waals surface area contributed by atoms with Gasteiger partial charge in [0, 0.05) is 23.0 Å². The molecule has 0 unspecified atom stereocenters. The Labute approximate surface area is 146 Å². The summed E-state index contributed by atoms with van der Waals surface area (Å²) in [6.45, 7) is 6.14. The molecule has 0 aliphatic rings. The number of hydrogen-bond donors (Lipinski definition) is 3. The highest BCUT2D eigenvalue weighted by Crippen LogP contribution is 2.18. The smallest absolute Gasteiger partial charge is 0.248 e. The lowest BCUT2D eigenvalue weighted by Crippen LogP contribution is -2.22. The van der Waals surface area contributed by atoms with E-state index in [4.69, 9.17) is 10.5 Å². The van der Waals surface area contributed by atoms with Crippen molar-refractivity contribution in [3.8, 4) is 5.75 Å². The first-order chi connectivity index (χ1) is 11.9. The molecule has 0 saturated heterocycles. The topological polar surface area (TPSA) is 93.4 Å². The van der Waals surface area contributed by atoms with E-state index in [1.54, 1.807) is 42.5 Å². The van der Waals surface area contributed by atoms with E-state index in [0.717, 1.165) is 5.57 Å². The number of ether oxygens (including phenoxy) is 1. The van der Waals surface area contributed by atoms with Crippen molar-refractivity contribution in [2.45, 2.75) is 6.92 Å². The standard InChI is InChI=1S/C19H21N3O3/c1-13(2)12-25-17-8-4-7-16(10-17)22-18(23)11-21-15-6-3-5-14(9-15)19(20)24/h3-10,21H,1,11-12H2,2H3,(H2,20,24)(H,22,23). The number of amides is 2. The monoisotopic (exact) mass is 339 g/mol. The molecule has 6 heteroatoms. The fraction of sp³-hybridized carbons (Fsp3) is 0.158. The number of anilines is 2. The van der Waals surface area contributed by atoms with Crippen LogP contribution in [0.1, 0.15) is 17.3 Å². The number of benzene rings is 2. The minimum Gasteiger partial charge on any atom is -0.489 e. The second kappa shape index (κ2) is 8.54. The van der Waals surface area contributed by atoms with Crippen molar-refractivity contribution < 1.29 is 14.3 Å². The number of nitrogens with one attached hydrogen (secondary N) is 2. The second-order valence-corrected chi connectivity index (χ2v) is 5.62. The number of primary amides is 1. The maximum atomic E-state index is 12.1. The summed E-state index contributed by atoms with van der Waals surface area (Å²) in [4.78, 5) is 23.2. The number of carbonyl (C=O) groups excluding carboxylic acids is 2. The predicted octanol–water partition coefficient (Wildman–Crippen LogP) is 2.79. The molecule has 4 N–H and O–H groups in total. The molecule has 0 radical (unpaired) electrons. The first kappa shape index (κ1) is 18.1. The van der Waals surface area contributed by atoms with Crippen LogP contribution in [0.3, 0.4) is 0 Å². The van der Waals surface area contributed by atoms with Gasteiger partial charge in [0.2, 0.25) is 11.8 Å². The number of rotatable bonds is 8. The molecular formula is C19H21N3O3. The van der Waals surface area contributed by atoms with Gasteiger partial charge in [-0.2, -0.15) is 0 Å². The lowest BCUT2D eigenvalue weighted by Gasteiger charge is -2.10. The molecule has 2 aromatic rings. The van der Waals surface area contributed by atoms with Crippen LogP contribution in [-0.4, -0.2) is 25.0 Å². The molecule has 2 amide bonds. The van der Waals surface area contributed by atoms with Crippen LogP contribution in [0.15, 0.2) is 60.7 Å². The van der Waals surface area contributed by atoms with Gasteiger partial charge in [0.15, 0.2) is 0 Å². The quantitative estimate of drug-likeness (QED) is 0.645. The Morgan fingerprint density at radius 2 is 1.84 bits per heavy atom. The van der Waals surface area contributed by atoms with Crippen molar-refractivity contribution in [2.24, 2.45) is 5.73 Å². The molecule has 0 aromatic heterocycles. The normalized spacial score (nSPS) is 9.96. The molecule has 0 aliphatic carbocycles. The average molecular weight is 339 g/mol. The van der Waals surface area contributed by atoms with Crippen molar-refractivity contribution in [3.05, 3.63) is 66.2 Å². The molecule has 0 saturated carbocycles. The highest BCUT2D eigenvalue weighted by molar-refractivity contribution is 5.95. The van der Waals surface area contributed by atoms with Gasteiger partial charge in [0.1, 0.15) is 12.4 Å². The summed E-state index contributed by atoms with van der Waals surface area (Å²) in [6, 6.07) is 13.8. The van der Waals surface area contributed by atoms with E-state index in [-0.39, 0.29) is 12.5 Å². The van der Waals surface area contributed by atoms with Crippen LogP contribution in [0.25, 0.3) is 0 Å². The fourth-order valence-electron chi connectivity index (χ4n) is 2.04. The molecule has 0 heterocycles. The summed E-state index contributed by atoms with van der Waals surface area (Å²) < 4.78 is 5.54. The minimum absolute atomic E-state index is 0.0546. The predicted molar refractivity (Wildman–Crippen MR) is 98.8 cm³/mol. The lowest BCUT2D eigenvalue weighted by molar-refractivity contribution is -0.114. The van der Waals surface area contributed by atoms with Gasteiger partial charge in [-0.05, 0) is 42.8 Å². The Morgan fingerprint density at radius 1 is 1.12 bits per heavy atom. The van der Waals surface area contributed by atoms with E-state index in [1.165, 1.54) is 0 Å². The molecule has 0 atom stereocenters. The Balaban J connectivity index is 1.90. The Kier molecular flexibility index (Phi) is 6.17. The fourth-order valence-corrected chi connectivity index (χ4v) is 2.04. The van der Waals surface area contributed by atoms with Crippen LogP contribution in [-0.2, 0) is 4.79 Å². The van der Waals surface area contributed by atoms with Gasteiger partial charge in [-0.1, -0.05) is 18.7 Å². The van der Waals surface area contributed by atoms with E-state index < -0.39 is 5.91 Å². The van der Waals surface area contributed by atoms with Crippen molar-refractivity contribution in [1.82, 2.24) is 0 Å². The third-order valence-electron chi connectivity index (χ3n) is 3.20. The van der Waals surface area contributed by atoms with Gasteiger partial charge in [-0.3, -0.25) is 9.59 Å². The van der Waals surface area contributed by atoms with Crippen LogP contribution >= 0.6 is 0 Å². The largest absolute Gasteiger partial charge is 0.489 e. The van der Waals surface area contributed by atoms with Crippen LogP contribution in [0.2, 0.25) is 0 Å². The molecule has 0 spiro atoms. The minimum atomic E-state index is -0.514. The van der Waals surface area contributed by atoms with Crippen LogP contribution in [0.4, 0.5) is 11.4 Å². The summed E-state index contributed by atoms with van der Waals surface area (Å²) in [5.41, 5.74) is 7.81. The third-order valence-corrected chi connectivity index (χ3v) is 3.20. The molecule has 2 aromatic carbocycles. The highest BCUT2D eigenvalue weighted by Gasteiger charge is 2.05. The number of carbonyl (C=O) groups is 2. The van der Waals surface area contributed by atoms with Crippen LogP contribution in [0, 0.1) is 0 Å². The molecule has 6 nitrogen and oxygen atoms in total. The molecule has 2 rings (SSSR count). The molecule has 0 fully saturated rings. The summed E-state index contributed by atoms with van der Waals surface area (Å²) in [7, 11) is 0. The zero-order valence-corrected chi connectivity index (χ0v) is 14.0. The molecule has 130 valence electrons. The Hall–Kier alpha value is -3.28. The van der Waals surface area contributed by atoms with E-state index in [9.17, 15) is 9.59 Å². The Morgan fingerprint density at radius 3 is 2.56 bits per heavy atom. The highest BCUT2D eigenvalue weighted by atomic mass is 16.5. The summed E-state index contributed by atoms with van der Waals surface area (Å²) >= 11 is 0. The van der Waals surface area contributed by atoms with Crippen molar-refractivity contribution >= 4 is 23.2 Å². The van der Waals surface area contributed by atoms with E-state index >= 15 is 0 Å². The maximum Gasteiger partial charge on any atom is 0.248 e. The lowest BCUT2D eigenvalue weighted by atomic mass is 10.2. The summed E-state index contributed by atoms with van der Waals surface area (Å²) in [5.74, 6) is -0.0795. The molecule has 0 bridgehead atoms. The van der Waals surface area contributed by atoms with E-state index in [2.05, 4.69) is 17.2 Å². The molecular weight excluding hydrogens is 318 g/mol. The van der Waals surface area contributed by atoms with Gasteiger partial charge in [0.05, 0.1) is 6.54 Å². The van der Waals surface area contributed by atoms with Gasteiger partial charge in [0.25, 0.3) is 0 Å². The van der Waals surface area contributed by atoms with E-state index in [1.807, 2.05) is 13.0 Å². The SMILES string of the molecule is C=C(C)COc1cccc(NC(=O)CNc2cccc(C(N)=O)c2)c1. The van der Waals surface area contributed by atoms with Gasteiger partial charge in [-0.15, -0.1) is 0 Å². The van der Waals surface area contributed by atoms with Gasteiger partial charge < -0.3 is 21.1 Å². The van der Waals surface area contributed by atoms with Crippen molar-refractivity contribution in [2.75, 3.05) is 23.8 Å². The number of nitrogens with two attached hydrogens (primary N) is 1. The number of hydrogen-bond acceptors (Lipinski definition) is 4. The summed E-state index contributed by atoms with van der Waals surface area (Å²) in [6.07, 6.45) is 0. The first-order valence-electron chi connectivity index (χ1n) is 7.75. The van der Waals surface area contributed by atoms with Gasteiger partial charge in [-0.25, -0.2) is 0 Å². The van der Waals surface area contributed by atoms with E-state index in [0.29, 0.717) is 29.3 Å². The van der Waals surface area contributed by atoms with Gasteiger partial charge >= 0.3 is 0 Å². The van der Waals surface area contributed by atoms with Crippen LogP contribution in [0.5, 0.6) is 5.75 Å². The van der Waals surface area contributed by atoms with Crippen molar-refractivity contribution in [1.29, 1.82) is 0 Å². The summed E-state index contributed by atoms with van der Waals surface area (Å²) in [5, 5.41) is 5.73. The van der Waals surface area contributed by atoms with Crippen LogP contribution < -0.4 is 21.1 Å². The average Bonchev–Trinajstić information content (AvgIpc) is 2.59. The second-order valence-electron chi connectivity index (χ2n) is 5.62. The molecule has 25 heavy (non-hydrogen) atoms. The zero-order valence-electron chi connectivity index (χ0n) is 14.0. The third kappa shape index (κ3) is 6.02. The van der Waals surface area contributed by atoms with Crippen molar-refractivity contribution in [3.63, 3.8) is 0 Å². The first-order valence-corrected chi connectivity index (χ1v) is 7.75. The Bertz CT molecular complexity index is 787. The molecule has 0 aliphatic heterocycles.